The summed E-state index contributed by atoms with van der Waals surface area (Å²) in [4.78, 5) is 23.8. The first kappa shape index (κ1) is 13.9. The molecule has 0 aliphatic rings. The molecule has 0 saturated heterocycles. The van der Waals surface area contributed by atoms with Crippen LogP contribution in [-0.2, 0) is 14.3 Å². The van der Waals surface area contributed by atoms with E-state index in [4.69, 9.17) is 4.74 Å². The number of nitrogens with zero attached hydrogens (tertiary/aromatic N) is 1. The number of esters is 1. The third kappa shape index (κ3) is 5.37. The van der Waals surface area contributed by atoms with Crippen molar-refractivity contribution in [1.29, 1.82) is 0 Å². The van der Waals surface area contributed by atoms with Gasteiger partial charge in [-0.25, -0.2) is 0 Å². The molecule has 0 aromatic heterocycles. The molecule has 0 radical (unpaired) electrons. The Kier molecular flexibility index (Phi) is 5.28. The molecule has 1 amide bonds. The van der Waals surface area contributed by atoms with Crippen molar-refractivity contribution in [2.24, 2.45) is 0 Å². The third-order valence-corrected chi connectivity index (χ3v) is 1.83. The molecule has 0 atom stereocenters. The molecule has 88 valence electrons. The lowest BCUT2D eigenvalue weighted by Gasteiger charge is -2.24. The molecule has 0 bridgehead atoms. The Morgan fingerprint density at radius 3 is 2.33 bits per heavy atom. The van der Waals surface area contributed by atoms with Crippen LogP contribution in [-0.4, -0.2) is 47.7 Å². The summed E-state index contributed by atoms with van der Waals surface area (Å²) in [5.74, 6) is -0.750. The van der Waals surface area contributed by atoms with Crippen LogP contribution in [0.2, 0.25) is 0 Å². The van der Waals surface area contributed by atoms with Crippen LogP contribution in [0.15, 0.2) is 0 Å². The highest BCUT2D eigenvalue weighted by Crippen LogP contribution is 2.06. The molecule has 0 rings (SSSR count). The van der Waals surface area contributed by atoms with Gasteiger partial charge >= 0.3 is 5.97 Å². The second-order valence-corrected chi connectivity index (χ2v) is 3.84. The summed E-state index contributed by atoms with van der Waals surface area (Å²) in [6.45, 7) is 5.14. The van der Waals surface area contributed by atoms with Gasteiger partial charge in [0.2, 0.25) is 0 Å². The van der Waals surface area contributed by atoms with Gasteiger partial charge in [-0.2, -0.15) is 0 Å². The average Bonchev–Trinajstić information content (AvgIpc) is 2.12. The summed E-state index contributed by atoms with van der Waals surface area (Å²) in [6, 6.07) is 0. The standard InChI is InChI=1S/C10H19NO4/c1-5-15-8(12)6-7-11(4)9(13)10(2,3)14/h14H,5-7H2,1-4H3. The van der Waals surface area contributed by atoms with Crippen LogP contribution >= 0.6 is 0 Å². The minimum absolute atomic E-state index is 0.145. The minimum Gasteiger partial charge on any atom is -0.466 e. The Morgan fingerprint density at radius 1 is 1.40 bits per heavy atom. The van der Waals surface area contributed by atoms with Gasteiger partial charge in [-0.05, 0) is 20.8 Å². The van der Waals surface area contributed by atoms with Gasteiger partial charge in [0.1, 0.15) is 5.60 Å². The largest absolute Gasteiger partial charge is 0.466 e. The highest BCUT2D eigenvalue weighted by atomic mass is 16.5. The molecule has 0 aliphatic carbocycles. The normalized spacial score (nSPS) is 11.0. The zero-order valence-corrected chi connectivity index (χ0v) is 9.74. The molecule has 0 saturated carbocycles. The van der Waals surface area contributed by atoms with Crippen LogP contribution in [0.1, 0.15) is 27.2 Å². The maximum atomic E-state index is 11.5. The average molecular weight is 217 g/mol. The van der Waals surface area contributed by atoms with Crippen LogP contribution in [0.4, 0.5) is 0 Å². The van der Waals surface area contributed by atoms with E-state index in [1.165, 1.54) is 18.7 Å². The number of carbonyl (C=O) groups is 2. The van der Waals surface area contributed by atoms with E-state index < -0.39 is 11.5 Å². The smallest absolute Gasteiger partial charge is 0.307 e. The van der Waals surface area contributed by atoms with Crippen LogP contribution < -0.4 is 0 Å². The van der Waals surface area contributed by atoms with Crippen molar-refractivity contribution in [3.63, 3.8) is 0 Å². The summed E-state index contributed by atoms with van der Waals surface area (Å²) in [7, 11) is 1.54. The number of aliphatic hydroxyl groups is 1. The second-order valence-electron chi connectivity index (χ2n) is 3.84. The van der Waals surface area contributed by atoms with Crippen molar-refractivity contribution in [3.05, 3.63) is 0 Å². The molecule has 5 nitrogen and oxygen atoms in total. The van der Waals surface area contributed by atoms with Crippen molar-refractivity contribution < 1.29 is 19.4 Å². The zero-order chi connectivity index (χ0) is 12.1. The highest BCUT2D eigenvalue weighted by molar-refractivity contribution is 5.84. The lowest BCUT2D eigenvalue weighted by molar-refractivity contribution is -0.148. The summed E-state index contributed by atoms with van der Waals surface area (Å²) < 4.78 is 4.72. The predicted molar refractivity (Wildman–Crippen MR) is 55.2 cm³/mol. The van der Waals surface area contributed by atoms with Crippen molar-refractivity contribution in [2.75, 3.05) is 20.2 Å². The molecule has 0 unspecified atom stereocenters. The number of likely N-dealkylation sites (N-methyl/N-ethyl adjacent to an activating group) is 1. The lowest BCUT2D eigenvalue weighted by atomic mass is 10.1. The SMILES string of the molecule is CCOC(=O)CCN(C)C(=O)C(C)(C)O. The van der Waals surface area contributed by atoms with Gasteiger partial charge < -0.3 is 14.7 Å². The fraction of sp³-hybridized carbons (Fsp3) is 0.800. The van der Waals surface area contributed by atoms with E-state index in [1.807, 2.05) is 0 Å². The molecule has 0 aromatic carbocycles. The van der Waals surface area contributed by atoms with Crippen LogP contribution in [0, 0.1) is 0 Å². The summed E-state index contributed by atoms with van der Waals surface area (Å²) in [5.41, 5.74) is -1.40. The minimum atomic E-state index is -1.40. The lowest BCUT2D eigenvalue weighted by Crippen LogP contribution is -2.43. The van der Waals surface area contributed by atoms with E-state index in [1.54, 1.807) is 14.0 Å². The molecule has 0 aliphatic heterocycles. The van der Waals surface area contributed by atoms with Crippen LogP contribution in [0.5, 0.6) is 0 Å². The topological polar surface area (TPSA) is 66.8 Å². The second kappa shape index (κ2) is 5.70. The van der Waals surface area contributed by atoms with Gasteiger partial charge in [-0.15, -0.1) is 0 Å². The van der Waals surface area contributed by atoms with Crippen LogP contribution in [0.3, 0.4) is 0 Å². The number of ether oxygens (including phenoxy) is 1. The molecule has 1 N–H and O–H groups in total. The van der Waals surface area contributed by atoms with E-state index in [2.05, 4.69) is 0 Å². The predicted octanol–water partition coefficient (Wildman–Crippen LogP) is 0.169. The molecule has 5 heteroatoms. The first-order valence-electron chi connectivity index (χ1n) is 4.92. The Morgan fingerprint density at radius 2 is 1.93 bits per heavy atom. The van der Waals surface area contributed by atoms with Crippen molar-refractivity contribution >= 4 is 11.9 Å². The molecule has 0 fully saturated rings. The van der Waals surface area contributed by atoms with Crippen molar-refractivity contribution in [2.45, 2.75) is 32.8 Å². The Bertz CT molecular complexity index is 232. The molecule has 0 aromatic rings. The summed E-state index contributed by atoms with van der Waals surface area (Å²) >= 11 is 0. The Hall–Kier alpha value is -1.10. The number of amides is 1. The third-order valence-electron chi connectivity index (χ3n) is 1.83. The Balaban J connectivity index is 3.99. The number of hydrogen-bond acceptors (Lipinski definition) is 4. The van der Waals surface area contributed by atoms with Crippen LogP contribution in [0.25, 0.3) is 0 Å². The fourth-order valence-corrected chi connectivity index (χ4v) is 1.06. The van der Waals surface area contributed by atoms with E-state index in [0.29, 0.717) is 6.61 Å². The van der Waals surface area contributed by atoms with E-state index in [-0.39, 0.29) is 18.9 Å². The van der Waals surface area contributed by atoms with Gasteiger partial charge in [-0.1, -0.05) is 0 Å². The van der Waals surface area contributed by atoms with Gasteiger partial charge in [0, 0.05) is 13.6 Å². The first-order valence-corrected chi connectivity index (χ1v) is 4.92. The van der Waals surface area contributed by atoms with Gasteiger partial charge in [0.15, 0.2) is 0 Å². The maximum Gasteiger partial charge on any atom is 0.307 e. The monoisotopic (exact) mass is 217 g/mol. The maximum absolute atomic E-state index is 11.5. The van der Waals surface area contributed by atoms with Crippen molar-refractivity contribution in [3.8, 4) is 0 Å². The Labute approximate surface area is 90.0 Å². The molecule has 15 heavy (non-hydrogen) atoms. The summed E-state index contributed by atoms with van der Waals surface area (Å²) in [5, 5.41) is 9.42. The summed E-state index contributed by atoms with van der Waals surface area (Å²) in [6.07, 6.45) is 0.145. The van der Waals surface area contributed by atoms with Gasteiger partial charge in [-0.3, -0.25) is 9.59 Å². The fourth-order valence-electron chi connectivity index (χ4n) is 1.06. The molecule has 0 heterocycles. The van der Waals surface area contributed by atoms with E-state index in [0.717, 1.165) is 0 Å². The van der Waals surface area contributed by atoms with E-state index >= 15 is 0 Å². The molecule has 0 spiro atoms. The molecular formula is C10H19NO4. The van der Waals surface area contributed by atoms with E-state index in [9.17, 15) is 14.7 Å². The zero-order valence-electron chi connectivity index (χ0n) is 9.74. The molecular weight excluding hydrogens is 198 g/mol. The van der Waals surface area contributed by atoms with Gasteiger partial charge in [0.05, 0.1) is 13.0 Å². The highest BCUT2D eigenvalue weighted by Gasteiger charge is 2.27. The quantitative estimate of drug-likeness (QED) is 0.666. The first-order chi connectivity index (χ1) is 6.79. The van der Waals surface area contributed by atoms with Crippen molar-refractivity contribution in [1.82, 2.24) is 4.90 Å². The van der Waals surface area contributed by atoms with Gasteiger partial charge in [0.25, 0.3) is 5.91 Å². The number of rotatable bonds is 5. The number of hydrogen-bond donors (Lipinski definition) is 1. The number of carbonyl (C=O) groups excluding carboxylic acids is 2.